The molecule has 0 amide bonds. The second-order valence-electron chi connectivity index (χ2n) is 2.49. The van der Waals surface area contributed by atoms with Crippen LogP contribution in [0.3, 0.4) is 0 Å². The maximum Gasteiger partial charge on any atom is 0.355 e. The highest BCUT2D eigenvalue weighted by Crippen LogP contribution is 2.19. The van der Waals surface area contributed by atoms with Crippen LogP contribution in [-0.4, -0.2) is 16.2 Å². The molecule has 0 aliphatic rings. The molecule has 4 nitrogen and oxygen atoms in total. The lowest BCUT2D eigenvalue weighted by Crippen LogP contribution is -2.33. The molecule has 0 aromatic heterocycles. The Hall–Kier alpha value is -1.86. The molecule has 1 rings (SSSR count). The average molecular weight is 177 g/mol. The lowest BCUT2D eigenvalue weighted by Gasteiger charge is -2.14. The van der Waals surface area contributed by atoms with E-state index in [9.17, 15) is 9.90 Å². The molecule has 0 fully saturated rings. The number of benzene rings is 1. The SMILES string of the molecule is N#C[C@](O)(C(=O)O)c1ccccc1. The molecule has 2 N–H and O–H groups in total. The van der Waals surface area contributed by atoms with Gasteiger partial charge in [-0.25, -0.2) is 4.79 Å². The number of aliphatic hydroxyl groups is 1. The van der Waals surface area contributed by atoms with E-state index in [1.165, 1.54) is 18.2 Å². The second kappa shape index (κ2) is 3.25. The summed E-state index contributed by atoms with van der Waals surface area (Å²) in [4.78, 5) is 10.6. The Morgan fingerprint density at radius 3 is 2.31 bits per heavy atom. The Morgan fingerprint density at radius 2 is 1.92 bits per heavy atom. The van der Waals surface area contributed by atoms with E-state index in [0.717, 1.165) is 0 Å². The van der Waals surface area contributed by atoms with Crippen molar-refractivity contribution in [3.63, 3.8) is 0 Å². The highest BCUT2D eigenvalue weighted by Gasteiger charge is 2.38. The highest BCUT2D eigenvalue weighted by atomic mass is 16.4. The summed E-state index contributed by atoms with van der Waals surface area (Å²) >= 11 is 0. The molecule has 4 heteroatoms. The van der Waals surface area contributed by atoms with Crippen molar-refractivity contribution in [2.75, 3.05) is 0 Å². The molecule has 0 bridgehead atoms. The maximum absolute atomic E-state index is 10.6. The fourth-order valence-corrected chi connectivity index (χ4v) is 0.915. The first-order valence-electron chi connectivity index (χ1n) is 3.54. The third-order valence-corrected chi connectivity index (χ3v) is 1.66. The minimum Gasteiger partial charge on any atom is -0.478 e. The van der Waals surface area contributed by atoms with Gasteiger partial charge < -0.3 is 10.2 Å². The lowest BCUT2D eigenvalue weighted by atomic mass is 9.96. The quantitative estimate of drug-likeness (QED) is 0.644. The van der Waals surface area contributed by atoms with Crippen molar-refractivity contribution in [3.8, 4) is 6.07 Å². The molecule has 0 heterocycles. The van der Waals surface area contributed by atoms with Gasteiger partial charge in [0.25, 0.3) is 5.60 Å². The van der Waals surface area contributed by atoms with Crippen molar-refractivity contribution >= 4 is 5.97 Å². The standard InChI is InChI=1S/C9H7NO3/c10-6-9(13,8(11)12)7-4-2-1-3-5-7/h1-5,13H,(H,11,12)/t9-/m1/s1. The monoisotopic (exact) mass is 177 g/mol. The zero-order valence-corrected chi connectivity index (χ0v) is 6.64. The highest BCUT2D eigenvalue weighted by molar-refractivity contribution is 5.82. The van der Waals surface area contributed by atoms with Gasteiger partial charge in [0.1, 0.15) is 6.07 Å². The van der Waals surface area contributed by atoms with Crippen molar-refractivity contribution in [1.82, 2.24) is 0 Å². The van der Waals surface area contributed by atoms with Crippen molar-refractivity contribution < 1.29 is 15.0 Å². The van der Waals surface area contributed by atoms with Gasteiger partial charge in [0.15, 0.2) is 0 Å². The number of carboxylic acids is 1. The summed E-state index contributed by atoms with van der Waals surface area (Å²) < 4.78 is 0. The molecule has 0 saturated heterocycles. The maximum atomic E-state index is 10.6. The van der Waals surface area contributed by atoms with Crippen LogP contribution < -0.4 is 0 Å². The number of hydrogen-bond acceptors (Lipinski definition) is 3. The molecule has 1 atom stereocenters. The van der Waals surface area contributed by atoms with Gasteiger partial charge in [-0.2, -0.15) is 5.26 Å². The number of rotatable bonds is 2. The Labute approximate surface area is 74.7 Å². The molecule has 0 spiro atoms. The first kappa shape index (κ1) is 9.23. The van der Waals surface area contributed by atoms with Crippen LogP contribution in [0.4, 0.5) is 0 Å². The van der Waals surface area contributed by atoms with Crippen LogP contribution in [-0.2, 0) is 10.4 Å². The molecular weight excluding hydrogens is 170 g/mol. The van der Waals surface area contributed by atoms with Gasteiger partial charge in [-0.3, -0.25) is 0 Å². The molecular formula is C9H7NO3. The van der Waals surface area contributed by atoms with E-state index in [1.54, 1.807) is 18.2 Å². The number of hydrogen-bond donors (Lipinski definition) is 2. The molecule has 13 heavy (non-hydrogen) atoms. The van der Waals surface area contributed by atoms with Gasteiger partial charge in [-0.15, -0.1) is 0 Å². The first-order chi connectivity index (χ1) is 6.11. The predicted molar refractivity (Wildman–Crippen MR) is 43.6 cm³/mol. The van der Waals surface area contributed by atoms with Crippen LogP contribution in [0, 0.1) is 11.3 Å². The van der Waals surface area contributed by atoms with Gasteiger partial charge in [-0.1, -0.05) is 30.3 Å². The lowest BCUT2D eigenvalue weighted by molar-refractivity contribution is -0.153. The van der Waals surface area contributed by atoms with E-state index in [1.807, 2.05) is 0 Å². The molecule has 66 valence electrons. The summed E-state index contributed by atoms with van der Waals surface area (Å²) in [6.45, 7) is 0. The van der Waals surface area contributed by atoms with E-state index >= 15 is 0 Å². The zero-order chi connectivity index (χ0) is 9.90. The van der Waals surface area contributed by atoms with Gasteiger partial charge in [0.05, 0.1) is 0 Å². The fourth-order valence-electron chi connectivity index (χ4n) is 0.915. The van der Waals surface area contributed by atoms with E-state index in [-0.39, 0.29) is 5.56 Å². The minimum atomic E-state index is -2.44. The smallest absolute Gasteiger partial charge is 0.355 e. The third-order valence-electron chi connectivity index (χ3n) is 1.66. The predicted octanol–water partition coefficient (Wildman–Crippen LogP) is 0.482. The van der Waals surface area contributed by atoms with E-state index in [2.05, 4.69) is 0 Å². The summed E-state index contributed by atoms with van der Waals surface area (Å²) in [5, 5.41) is 26.5. The largest absolute Gasteiger partial charge is 0.478 e. The first-order valence-corrected chi connectivity index (χ1v) is 3.54. The van der Waals surface area contributed by atoms with Gasteiger partial charge in [-0.05, 0) is 0 Å². The second-order valence-corrected chi connectivity index (χ2v) is 2.49. The fraction of sp³-hybridized carbons (Fsp3) is 0.111. The molecule has 1 aromatic carbocycles. The van der Waals surface area contributed by atoms with Crippen LogP contribution in [0.1, 0.15) is 5.56 Å². The molecule has 1 aromatic rings. The Kier molecular flexibility index (Phi) is 2.31. The van der Waals surface area contributed by atoms with E-state index < -0.39 is 11.6 Å². The number of carboxylic acid groups (broad SMARTS) is 1. The van der Waals surface area contributed by atoms with Gasteiger partial charge >= 0.3 is 5.97 Å². The van der Waals surface area contributed by atoms with Gasteiger partial charge in [0, 0.05) is 5.56 Å². The summed E-state index contributed by atoms with van der Waals surface area (Å²) in [6.07, 6.45) is 0. The van der Waals surface area contributed by atoms with Crippen LogP contribution in [0.15, 0.2) is 30.3 Å². The van der Waals surface area contributed by atoms with Crippen molar-refractivity contribution in [1.29, 1.82) is 5.26 Å². The van der Waals surface area contributed by atoms with Crippen LogP contribution >= 0.6 is 0 Å². The van der Waals surface area contributed by atoms with E-state index in [0.29, 0.717) is 0 Å². The minimum absolute atomic E-state index is 0.0602. The molecule has 0 aliphatic heterocycles. The third kappa shape index (κ3) is 1.50. The Balaban J connectivity index is 3.21. The number of nitriles is 1. The number of nitrogens with zero attached hydrogens (tertiary/aromatic N) is 1. The summed E-state index contributed by atoms with van der Waals surface area (Å²) in [5.74, 6) is -1.57. The van der Waals surface area contributed by atoms with Crippen LogP contribution in [0.2, 0.25) is 0 Å². The summed E-state index contributed by atoms with van der Waals surface area (Å²) in [6, 6.07) is 8.90. The number of aliphatic carboxylic acids is 1. The molecule has 0 aliphatic carbocycles. The van der Waals surface area contributed by atoms with Crippen molar-refractivity contribution in [2.45, 2.75) is 5.60 Å². The summed E-state index contributed by atoms with van der Waals surface area (Å²) in [5.41, 5.74) is -2.38. The average Bonchev–Trinajstić information content (AvgIpc) is 2.17. The van der Waals surface area contributed by atoms with Crippen molar-refractivity contribution in [2.24, 2.45) is 0 Å². The Morgan fingerprint density at radius 1 is 1.38 bits per heavy atom. The van der Waals surface area contributed by atoms with Crippen molar-refractivity contribution in [3.05, 3.63) is 35.9 Å². The van der Waals surface area contributed by atoms with Gasteiger partial charge in [0.2, 0.25) is 0 Å². The van der Waals surface area contributed by atoms with Crippen LogP contribution in [0.5, 0.6) is 0 Å². The molecule has 0 unspecified atom stereocenters. The molecule has 0 saturated carbocycles. The zero-order valence-electron chi connectivity index (χ0n) is 6.64. The van der Waals surface area contributed by atoms with Crippen LogP contribution in [0.25, 0.3) is 0 Å². The van der Waals surface area contributed by atoms with E-state index in [4.69, 9.17) is 10.4 Å². The molecule has 0 radical (unpaired) electrons. The summed E-state index contributed by atoms with van der Waals surface area (Å²) in [7, 11) is 0. The Bertz CT molecular complexity index is 355. The normalized spacial score (nSPS) is 14.2. The number of carbonyl (C=O) groups is 1. The topological polar surface area (TPSA) is 81.3 Å².